The van der Waals surface area contributed by atoms with Crippen molar-refractivity contribution in [1.29, 1.82) is 0 Å². The lowest BCUT2D eigenvalue weighted by atomic mass is 10.2. The summed E-state index contributed by atoms with van der Waals surface area (Å²) < 4.78 is 3.01. The number of hydrogen-bond acceptors (Lipinski definition) is 4. The topological polar surface area (TPSA) is 81.8 Å². The predicted molar refractivity (Wildman–Crippen MR) is 125 cm³/mol. The lowest BCUT2D eigenvalue weighted by Gasteiger charge is -2.13. The fraction of sp³-hybridized carbons (Fsp3) is 0.0909. The van der Waals surface area contributed by atoms with Crippen LogP contribution in [-0.2, 0) is 6.54 Å². The third kappa shape index (κ3) is 4.55. The number of nitrogens with one attached hydrogen (secondary N) is 1. The molecule has 7 nitrogen and oxygen atoms in total. The molecule has 0 bridgehead atoms. The van der Waals surface area contributed by atoms with Crippen LogP contribution in [0.2, 0.25) is 15.1 Å². The van der Waals surface area contributed by atoms with Gasteiger partial charge in [-0.15, -0.1) is 0 Å². The Balaban J connectivity index is 1.63. The summed E-state index contributed by atoms with van der Waals surface area (Å²) in [7, 11) is 0. The summed E-state index contributed by atoms with van der Waals surface area (Å²) in [6, 6.07) is 15.1. The fourth-order valence-electron chi connectivity index (χ4n) is 3.12. The van der Waals surface area contributed by atoms with Gasteiger partial charge in [-0.1, -0.05) is 53.0 Å². The molecule has 1 N–H and O–H groups in total. The van der Waals surface area contributed by atoms with Crippen LogP contribution in [0.4, 0.5) is 5.82 Å². The van der Waals surface area contributed by atoms with E-state index in [1.807, 2.05) is 0 Å². The number of nitrogens with zero attached hydrogens (tertiary/aromatic N) is 4. The quantitative estimate of drug-likeness (QED) is 0.429. The molecule has 0 radical (unpaired) electrons. The molecule has 0 aliphatic carbocycles. The number of carbonyl (C=O) groups excluding carboxylic acids is 1. The van der Waals surface area contributed by atoms with Crippen LogP contribution in [0.1, 0.15) is 21.7 Å². The maximum absolute atomic E-state index is 12.9. The van der Waals surface area contributed by atoms with Gasteiger partial charge in [0.2, 0.25) is 5.43 Å². The van der Waals surface area contributed by atoms with Crippen LogP contribution >= 0.6 is 34.8 Å². The molecule has 2 aromatic carbocycles. The number of hydrogen-bond donors (Lipinski definition) is 1. The van der Waals surface area contributed by atoms with Crippen molar-refractivity contribution in [1.82, 2.24) is 19.6 Å². The second kappa shape index (κ2) is 9.16. The maximum atomic E-state index is 12.9. The van der Waals surface area contributed by atoms with E-state index in [0.29, 0.717) is 38.8 Å². The fourth-order valence-corrected chi connectivity index (χ4v) is 3.81. The molecule has 0 unspecified atom stereocenters. The third-order valence-electron chi connectivity index (χ3n) is 4.70. The molecule has 0 fully saturated rings. The van der Waals surface area contributed by atoms with Crippen LogP contribution < -0.4 is 10.7 Å². The second-order valence-corrected chi connectivity index (χ2v) is 8.18. The number of para-hydroxylation sites is 1. The molecular formula is C22H16Cl3N5O2. The molecule has 0 aliphatic heterocycles. The molecule has 1 amide bonds. The van der Waals surface area contributed by atoms with Gasteiger partial charge in [-0.05, 0) is 36.8 Å². The summed E-state index contributed by atoms with van der Waals surface area (Å²) in [4.78, 5) is 25.4. The van der Waals surface area contributed by atoms with Crippen LogP contribution in [0.5, 0.6) is 0 Å². The molecule has 0 spiro atoms. The zero-order valence-electron chi connectivity index (χ0n) is 16.7. The molecule has 0 saturated heterocycles. The molecule has 2 aromatic heterocycles. The summed E-state index contributed by atoms with van der Waals surface area (Å²) in [5.41, 5.74) is 1.10. The van der Waals surface area contributed by atoms with Gasteiger partial charge in [-0.25, -0.2) is 9.36 Å². The minimum absolute atomic E-state index is 0.271. The average Bonchev–Trinajstić information content (AvgIpc) is 3.17. The Labute approximate surface area is 198 Å². The van der Waals surface area contributed by atoms with E-state index in [1.165, 1.54) is 16.9 Å². The van der Waals surface area contributed by atoms with Gasteiger partial charge >= 0.3 is 0 Å². The Morgan fingerprint density at radius 1 is 1.03 bits per heavy atom. The Kier molecular flexibility index (Phi) is 6.32. The molecule has 0 aliphatic rings. The number of carbonyl (C=O) groups is 1. The van der Waals surface area contributed by atoms with E-state index in [-0.39, 0.29) is 5.69 Å². The monoisotopic (exact) mass is 487 g/mol. The molecule has 162 valence electrons. The third-order valence-corrected chi connectivity index (χ3v) is 5.60. The molecular weight excluding hydrogens is 473 g/mol. The smallest absolute Gasteiger partial charge is 0.281 e. The first-order valence-corrected chi connectivity index (χ1v) is 10.6. The first kappa shape index (κ1) is 22.1. The number of aryl methyl sites for hydroxylation is 1. The summed E-state index contributed by atoms with van der Waals surface area (Å²) >= 11 is 18.5. The lowest BCUT2D eigenvalue weighted by Crippen LogP contribution is -2.27. The summed E-state index contributed by atoms with van der Waals surface area (Å²) in [5, 5.41) is 12.6. The van der Waals surface area contributed by atoms with Gasteiger partial charge in [0.05, 0.1) is 23.5 Å². The zero-order chi connectivity index (χ0) is 22.8. The van der Waals surface area contributed by atoms with E-state index in [1.54, 1.807) is 60.1 Å². The minimum atomic E-state index is -0.667. The van der Waals surface area contributed by atoms with Crippen molar-refractivity contribution < 1.29 is 4.79 Å². The van der Waals surface area contributed by atoms with Gasteiger partial charge in [0, 0.05) is 27.9 Å². The van der Waals surface area contributed by atoms with Crippen LogP contribution in [0.25, 0.3) is 5.69 Å². The molecule has 0 saturated carbocycles. The van der Waals surface area contributed by atoms with Crippen LogP contribution in [-0.4, -0.2) is 25.5 Å². The van der Waals surface area contributed by atoms with Gasteiger partial charge in [-0.2, -0.15) is 10.2 Å². The first-order chi connectivity index (χ1) is 15.3. The highest BCUT2D eigenvalue weighted by atomic mass is 35.5. The Morgan fingerprint density at radius 3 is 2.56 bits per heavy atom. The summed E-state index contributed by atoms with van der Waals surface area (Å²) in [6.07, 6.45) is 1.53. The van der Waals surface area contributed by atoms with Gasteiger partial charge in [-0.3, -0.25) is 9.59 Å². The largest absolute Gasteiger partial charge is 0.305 e. The zero-order valence-corrected chi connectivity index (χ0v) is 19.0. The van der Waals surface area contributed by atoms with Crippen molar-refractivity contribution in [3.05, 3.63) is 103 Å². The van der Waals surface area contributed by atoms with Gasteiger partial charge in [0.25, 0.3) is 5.91 Å². The van der Waals surface area contributed by atoms with E-state index >= 15 is 0 Å². The van der Waals surface area contributed by atoms with Crippen molar-refractivity contribution in [2.75, 3.05) is 5.32 Å². The number of halogens is 3. The number of aromatic nitrogens is 4. The number of benzene rings is 2. The molecule has 32 heavy (non-hydrogen) atoms. The highest BCUT2D eigenvalue weighted by Gasteiger charge is 2.18. The Bertz CT molecular complexity index is 1380. The van der Waals surface area contributed by atoms with Gasteiger partial charge in [0.1, 0.15) is 5.82 Å². The second-order valence-electron chi connectivity index (χ2n) is 6.93. The van der Waals surface area contributed by atoms with Crippen LogP contribution in [0.15, 0.2) is 65.6 Å². The number of amides is 1. The lowest BCUT2D eigenvalue weighted by molar-refractivity contribution is 0.101. The molecule has 4 aromatic rings. The van der Waals surface area contributed by atoms with E-state index in [0.717, 1.165) is 5.56 Å². The van der Waals surface area contributed by atoms with E-state index in [9.17, 15) is 9.59 Å². The Hall–Kier alpha value is -3.13. The van der Waals surface area contributed by atoms with Crippen molar-refractivity contribution >= 4 is 46.5 Å². The number of anilines is 1. The van der Waals surface area contributed by atoms with Crippen LogP contribution in [0.3, 0.4) is 0 Å². The van der Waals surface area contributed by atoms with Crippen LogP contribution in [0, 0.1) is 6.92 Å². The molecule has 0 atom stereocenters. The van der Waals surface area contributed by atoms with Gasteiger partial charge < -0.3 is 5.32 Å². The van der Waals surface area contributed by atoms with Crippen molar-refractivity contribution in [3.63, 3.8) is 0 Å². The van der Waals surface area contributed by atoms with Crippen molar-refractivity contribution in [2.45, 2.75) is 13.5 Å². The highest BCUT2D eigenvalue weighted by Crippen LogP contribution is 2.23. The van der Waals surface area contributed by atoms with E-state index in [2.05, 4.69) is 15.5 Å². The Morgan fingerprint density at radius 2 is 1.81 bits per heavy atom. The summed E-state index contributed by atoms with van der Waals surface area (Å²) in [5.74, 6) is -0.285. The minimum Gasteiger partial charge on any atom is -0.305 e. The predicted octanol–water partition coefficient (Wildman–Crippen LogP) is 5.00. The highest BCUT2D eigenvalue weighted by molar-refractivity contribution is 6.35. The molecule has 4 rings (SSSR count). The number of rotatable bonds is 5. The van der Waals surface area contributed by atoms with E-state index < -0.39 is 11.3 Å². The van der Waals surface area contributed by atoms with Crippen molar-refractivity contribution in [2.24, 2.45) is 0 Å². The van der Waals surface area contributed by atoms with Crippen molar-refractivity contribution in [3.8, 4) is 5.69 Å². The normalized spacial score (nSPS) is 10.9. The first-order valence-electron chi connectivity index (χ1n) is 9.46. The average molecular weight is 489 g/mol. The van der Waals surface area contributed by atoms with E-state index in [4.69, 9.17) is 34.8 Å². The molecule has 10 heteroatoms. The van der Waals surface area contributed by atoms with Gasteiger partial charge in [0.15, 0.2) is 5.69 Å². The SMILES string of the molecule is Cc1cc(=O)c(C(=O)Nc2ccnn2Cc2ccc(Cl)cc2Cl)nn1-c1ccccc1Cl. The summed E-state index contributed by atoms with van der Waals surface area (Å²) in [6.45, 7) is 2.01. The maximum Gasteiger partial charge on any atom is 0.281 e. The molecule has 2 heterocycles. The standard InChI is InChI=1S/C22H16Cl3N5O2/c1-13-10-19(31)21(28-30(13)18-5-3-2-4-16(18)24)22(32)27-20-8-9-26-29(20)12-14-6-7-15(23)11-17(14)25/h2-11H,12H2,1H3,(H,27,32).